The number of hydrogen-bond acceptors (Lipinski definition) is 6. The van der Waals surface area contributed by atoms with Crippen molar-refractivity contribution in [3.8, 4) is 0 Å². The zero-order valence-electron chi connectivity index (χ0n) is 14.8. The number of carbonyl (C=O) groups excluding carboxylic acids is 2. The average molecular weight is 365 g/mol. The van der Waals surface area contributed by atoms with Crippen molar-refractivity contribution in [3.63, 3.8) is 0 Å². The minimum atomic E-state index is -1.20. The smallest absolute Gasteiger partial charge is 0.451 e. The molecule has 1 aromatic rings. The third-order valence-corrected chi connectivity index (χ3v) is 3.20. The van der Waals surface area contributed by atoms with E-state index in [4.69, 9.17) is 20.1 Å². The maximum atomic E-state index is 12.1. The van der Waals surface area contributed by atoms with Crippen LogP contribution in [0.5, 0.6) is 0 Å². The van der Waals surface area contributed by atoms with Gasteiger partial charge in [0.2, 0.25) is 5.96 Å². The SMILES string of the molecule is CCCCOC(=O)N(OC(=O)Cc1ccccc1)C(=N)N(C)CC(=O)O. The number of rotatable bonds is 7. The highest BCUT2D eigenvalue weighted by molar-refractivity contribution is 5.93. The molecule has 9 heteroatoms. The summed E-state index contributed by atoms with van der Waals surface area (Å²) in [4.78, 5) is 41.0. The standard InChI is InChI=1S/C17H23N3O6/c1-3-4-10-25-17(24)20(16(18)19(2)12-14(21)22)26-15(23)11-13-8-6-5-7-9-13/h5-9,18H,3-4,10-12H2,1-2H3,(H,21,22). The number of likely N-dealkylation sites (N-methyl/N-ethyl adjacent to an activating group) is 1. The quantitative estimate of drug-likeness (QED) is 0.327. The van der Waals surface area contributed by atoms with Crippen molar-refractivity contribution in [2.45, 2.75) is 26.2 Å². The molecule has 0 atom stereocenters. The second-order valence-electron chi connectivity index (χ2n) is 5.46. The summed E-state index contributed by atoms with van der Waals surface area (Å²) in [5.74, 6) is -2.60. The molecule has 0 aromatic heterocycles. The Labute approximate surface area is 151 Å². The van der Waals surface area contributed by atoms with Crippen molar-refractivity contribution in [1.82, 2.24) is 9.96 Å². The molecule has 0 heterocycles. The maximum absolute atomic E-state index is 12.1. The predicted molar refractivity (Wildman–Crippen MR) is 92.3 cm³/mol. The lowest BCUT2D eigenvalue weighted by molar-refractivity contribution is -0.168. The Morgan fingerprint density at radius 1 is 1.19 bits per heavy atom. The van der Waals surface area contributed by atoms with Crippen molar-refractivity contribution in [3.05, 3.63) is 35.9 Å². The first-order valence-electron chi connectivity index (χ1n) is 8.08. The first kappa shape index (κ1) is 20.9. The summed E-state index contributed by atoms with van der Waals surface area (Å²) in [7, 11) is 1.29. The number of hydroxylamine groups is 2. The lowest BCUT2D eigenvalue weighted by Crippen LogP contribution is -2.48. The summed E-state index contributed by atoms with van der Waals surface area (Å²) >= 11 is 0. The van der Waals surface area contributed by atoms with Crippen LogP contribution >= 0.6 is 0 Å². The molecule has 2 N–H and O–H groups in total. The molecule has 0 aliphatic carbocycles. The first-order valence-corrected chi connectivity index (χ1v) is 8.08. The molecule has 0 saturated carbocycles. The van der Waals surface area contributed by atoms with Crippen molar-refractivity contribution < 1.29 is 29.1 Å². The molecule has 0 unspecified atom stereocenters. The molecule has 1 amide bonds. The summed E-state index contributed by atoms with van der Waals surface area (Å²) < 4.78 is 4.97. The Bertz CT molecular complexity index is 635. The van der Waals surface area contributed by atoms with E-state index in [2.05, 4.69) is 0 Å². The van der Waals surface area contributed by atoms with Crippen molar-refractivity contribution in [1.29, 1.82) is 5.41 Å². The molecule has 0 fully saturated rings. The normalized spacial score (nSPS) is 9.92. The molecule has 0 bridgehead atoms. The number of guanidine groups is 1. The summed E-state index contributed by atoms with van der Waals surface area (Å²) in [5, 5.41) is 17.1. The number of amides is 1. The third kappa shape index (κ3) is 7.20. The lowest BCUT2D eigenvalue weighted by atomic mass is 10.2. The summed E-state index contributed by atoms with van der Waals surface area (Å²) in [5.41, 5.74) is 0.669. The number of nitrogens with zero attached hydrogens (tertiary/aromatic N) is 2. The summed E-state index contributed by atoms with van der Waals surface area (Å²) in [6.07, 6.45) is 0.227. The third-order valence-electron chi connectivity index (χ3n) is 3.20. The summed E-state index contributed by atoms with van der Waals surface area (Å²) in [6.45, 7) is 1.46. The van der Waals surface area contributed by atoms with Gasteiger partial charge in [-0.05, 0) is 12.0 Å². The van der Waals surface area contributed by atoms with E-state index in [-0.39, 0.29) is 13.0 Å². The van der Waals surface area contributed by atoms with Crippen LogP contribution in [-0.4, -0.2) is 59.3 Å². The molecule has 0 radical (unpaired) electrons. The van der Waals surface area contributed by atoms with Crippen LogP contribution in [-0.2, 0) is 25.6 Å². The number of carboxylic acids is 1. The fourth-order valence-electron chi connectivity index (χ4n) is 1.86. The first-order chi connectivity index (χ1) is 12.3. The minimum Gasteiger partial charge on any atom is -0.480 e. The number of carboxylic acid groups (broad SMARTS) is 1. The van der Waals surface area contributed by atoms with Crippen LogP contribution < -0.4 is 0 Å². The van der Waals surface area contributed by atoms with E-state index in [1.807, 2.05) is 6.92 Å². The van der Waals surface area contributed by atoms with Crippen LogP contribution in [0.25, 0.3) is 0 Å². The highest BCUT2D eigenvalue weighted by Gasteiger charge is 2.28. The van der Waals surface area contributed by atoms with E-state index < -0.39 is 30.5 Å². The maximum Gasteiger partial charge on any atom is 0.451 e. The summed E-state index contributed by atoms with van der Waals surface area (Å²) in [6, 6.07) is 8.73. The van der Waals surface area contributed by atoms with Crippen molar-refractivity contribution in [2.24, 2.45) is 0 Å². The van der Waals surface area contributed by atoms with Gasteiger partial charge in [-0.25, -0.2) is 9.59 Å². The largest absolute Gasteiger partial charge is 0.480 e. The monoisotopic (exact) mass is 365 g/mol. The molecule has 0 spiro atoms. The minimum absolute atomic E-state index is 0.0952. The van der Waals surface area contributed by atoms with Gasteiger partial charge in [-0.2, -0.15) is 0 Å². The molecule has 9 nitrogen and oxygen atoms in total. The van der Waals surface area contributed by atoms with E-state index in [9.17, 15) is 14.4 Å². The second-order valence-corrected chi connectivity index (χ2v) is 5.46. The highest BCUT2D eigenvalue weighted by Crippen LogP contribution is 2.06. The van der Waals surface area contributed by atoms with Crippen molar-refractivity contribution in [2.75, 3.05) is 20.2 Å². The molecule has 1 rings (SSSR count). The Kier molecular flexibility index (Phi) is 8.62. The fraction of sp³-hybridized carbons (Fsp3) is 0.412. The number of aliphatic carboxylic acids is 1. The number of benzene rings is 1. The van der Waals surface area contributed by atoms with Crippen LogP contribution in [0.2, 0.25) is 0 Å². The molecule has 0 aliphatic heterocycles. The topological polar surface area (TPSA) is 120 Å². The Hall–Kier alpha value is -3.10. The van der Waals surface area contributed by atoms with Gasteiger partial charge in [0.15, 0.2) is 0 Å². The Balaban J connectivity index is 2.81. The average Bonchev–Trinajstić information content (AvgIpc) is 2.59. The van der Waals surface area contributed by atoms with Gasteiger partial charge in [-0.3, -0.25) is 10.2 Å². The van der Waals surface area contributed by atoms with Crippen LogP contribution in [0.15, 0.2) is 30.3 Å². The number of unbranched alkanes of at least 4 members (excludes halogenated alkanes) is 1. The van der Waals surface area contributed by atoms with Crippen LogP contribution in [0.1, 0.15) is 25.3 Å². The van der Waals surface area contributed by atoms with Gasteiger partial charge in [-0.1, -0.05) is 48.7 Å². The second kappa shape index (κ2) is 10.7. The van der Waals surface area contributed by atoms with Gasteiger partial charge >= 0.3 is 18.0 Å². The molecular formula is C17H23N3O6. The van der Waals surface area contributed by atoms with E-state index in [1.165, 1.54) is 7.05 Å². The molecule has 0 aliphatic rings. The predicted octanol–water partition coefficient (Wildman–Crippen LogP) is 1.88. The highest BCUT2D eigenvalue weighted by atomic mass is 16.8. The zero-order chi connectivity index (χ0) is 19.5. The number of carbonyl (C=O) groups is 3. The molecule has 0 saturated heterocycles. The van der Waals surface area contributed by atoms with Gasteiger partial charge in [0.1, 0.15) is 6.54 Å². The Morgan fingerprint density at radius 3 is 2.42 bits per heavy atom. The van der Waals surface area contributed by atoms with E-state index in [1.54, 1.807) is 30.3 Å². The number of ether oxygens (including phenoxy) is 1. The molecule has 142 valence electrons. The fourth-order valence-corrected chi connectivity index (χ4v) is 1.86. The van der Waals surface area contributed by atoms with Crippen LogP contribution in [0, 0.1) is 5.41 Å². The number of hydrogen-bond donors (Lipinski definition) is 2. The molecule has 26 heavy (non-hydrogen) atoms. The van der Waals surface area contributed by atoms with E-state index in [0.29, 0.717) is 17.0 Å². The van der Waals surface area contributed by atoms with Crippen LogP contribution in [0.3, 0.4) is 0 Å². The van der Waals surface area contributed by atoms with Gasteiger partial charge < -0.3 is 19.6 Å². The van der Waals surface area contributed by atoms with Gasteiger partial charge in [0.05, 0.1) is 13.0 Å². The van der Waals surface area contributed by atoms with Crippen molar-refractivity contribution >= 4 is 24.0 Å². The lowest BCUT2D eigenvalue weighted by Gasteiger charge is -2.26. The van der Waals surface area contributed by atoms with Gasteiger partial charge in [0, 0.05) is 7.05 Å². The molecular weight excluding hydrogens is 342 g/mol. The van der Waals surface area contributed by atoms with Crippen LogP contribution in [0.4, 0.5) is 4.79 Å². The van der Waals surface area contributed by atoms with Gasteiger partial charge in [0.25, 0.3) is 0 Å². The molecule has 1 aromatic carbocycles. The number of nitrogens with one attached hydrogen (secondary N) is 1. The zero-order valence-corrected chi connectivity index (χ0v) is 14.8. The van der Waals surface area contributed by atoms with Gasteiger partial charge in [-0.15, -0.1) is 0 Å². The van der Waals surface area contributed by atoms with E-state index >= 15 is 0 Å². The van der Waals surface area contributed by atoms with E-state index in [0.717, 1.165) is 11.3 Å². The Morgan fingerprint density at radius 2 is 1.85 bits per heavy atom.